The fraction of sp³-hybridized carbons (Fsp3) is 0.500. The highest BCUT2D eigenvalue weighted by molar-refractivity contribution is 5.95. The molecule has 1 aromatic rings. The highest BCUT2D eigenvalue weighted by atomic mass is 16.7. The minimum absolute atomic E-state index is 0.156. The van der Waals surface area contributed by atoms with Crippen LogP contribution in [0.15, 0.2) is 18.2 Å². The number of fused-ring (bicyclic) bond motifs is 1. The van der Waals surface area contributed by atoms with Gasteiger partial charge in [-0.15, -0.1) is 0 Å². The summed E-state index contributed by atoms with van der Waals surface area (Å²) in [6, 6.07) is 9.79. The van der Waals surface area contributed by atoms with E-state index in [9.17, 15) is 10.5 Å². The molecule has 0 amide bonds. The normalized spacial score (nSPS) is 30.5. The molecule has 3 N–H and O–H groups in total. The zero-order chi connectivity index (χ0) is 19.2. The van der Waals surface area contributed by atoms with Gasteiger partial charge in [-0.1, -0.05) is 6.07 Å². The van der Waals surface area contributed by atoms with E-state index in [0.717, 1.165) is 5.56 Å². The maximum absolute atomic E-state index is 10.1. The Balaban J connectivity index is 2.18. The molecule has 26 heavy (non-hydrogen) atoms. The van der Waals surface area contributed by atoms with Crippen LogP contribution in [0.4, 0.5) is 0 Å². The molecule has 1 aliphatic heterocycles. The molecule has 1 aliphatic carbocycles. The molecule has 0 spiro atoms. The third-order valence-corrected chi connectivity index (χ3v) is 5.40. The van der Waals surface area contributed by atoms with Gasteiger partial charge in [0.2, 0.25) is 0 Å². The third kappa shape index (κ3) is 1.75. The standard InChI is InChI=1S/C18H20N4O4/c1-5-26-12-7-6-11(8-13(12)23-2)14-16(9-19)15(21)22-18(24-3,25-4)17(14,16)10-20/h6-8,14H,5H2,1-4H3,(H2,21,22)/p+1/t14-,16-,17-/m1/s1. The first-order valence-corrected chi connectivity index (χ1v) is 8.13. The Morgan fingerprint density at radius 3 is 2.35 bits per heavy atom. The van der Waals surface area contributed by atoms with E-state index in [1.165, 1.54) is 21.3 Å². The second-order valence-electron chi connectivity index (χ2n) is 6.18. The number of amidine groups is 1. The van der Waals surface area contributed by atoms with Crippen molar-refractivity contribution in [3.63, 3.8) is 0 Å². The first-order valence-electron chi connectivity index (χ1n) is 8.13. The largest absolute Gasteiger partial charge is 0.493 e. The van der Waals surface area contributed by atoms with Crippen LogP contribution in [-0.2, 0) is 9.47 Å². The van der Waals surface area contributed by atoms with Crippen LogP contribution in [-0.4, -0.2) is 39.7 Å². The van der Waals surface area contributed by atoms with Crippen molar-refractivity contribution in [2.45, 2.75) is 18.8 Å². The summed E-state index contributed by atoms with van der Waals surface area (Å²) in [4.78, 5) is 2.86. The van der Waals surface area contributed by atoms with Crippen molar-refractivity contribution in [2.75, 3.05) is 27.9 Å². The number of hydrogen-bond acceptors (Lipinski definition) is 7. The molecule has 1 aromatic carbocycles. The summed E-state index contributed by atoms with van der Waals surface area (Å²) >= 11 is 0. The molecule has 0 bridgehead atoms. The van der Waals surface area contributed by atoms with Crippen LogP contribution in [0.3, 0.4) is 0 Å². The van der Waals surface area contributed by atoms with Gasteiger partial charge in [-0.2, -0.15) is 10.5 Å². The second-order valence-corrected chi connectivity index (χ2v) is 6.18. The monoisotopic (exact) mass is 357 g/mol. The zero-order valence-electron chi connectivity index (χ0n) is 15.1. The van der Waals surface area contributed by atoms with Crippen LogP contribution < -0.4 is 20.2 Å². The smallest absolute Gasteiger partial charge is 0.342 e. The number of nitrogens with one attached hydrogen (secondary N) is 1. The zero-order valence-corrected chi connectivity index (χ0v) is 15.1. The molecule has 3 atom stereocenters. The summed E-state index contributed by atoms with van der Waals surface area (Å²) in [6.07, 6.45) is 0. The quantitative estimate of drug-likeness (QED) is 0.664. The lowest BCUT2D eigenvalue weighted by Crippen LogP contribution is -2.90. The highest BCUT2D eigenvalue weighted by Gasteiger charge is 2.97. The minimum Gasteiger partial charge on any atom is -0.493 e. The van der Waals surface area contributed by atoms with Crippen LogP contribution in [0.25, 0.3) is 0 Å². The Bertz CT molecular complexity index is 852. The van der Waals surface area contributed by atoms with Crippen molar-refractivity contribution in [3.05, 3.63) is 23.8 Å². The third-order valence-electron chi connectivity index (χ3n) is 5.40. The van der Waals surface area contributed by atoms with E-state index < -0.39 is 22.7 Å². The second kappa shape index (κ2) is 5.87. The van der Waals surface area contributed by atoms with E-state index in [0.29, 0.717) is 18.1 Å². The lowest BCUT2D eigenvalue weighted by Gasteiger charge is -2.26. The fourth-order valence-electron chi connectivity index (χ4n) is 4.25. The van der Waals surface area contributed by atoms with Gasteiger partial charge in [-0.25, -0.2) is 4.99 Å². The van der Waals surface area contributed by atoms with Gasteiger partial charge < -0.3 is 18.9 Å². The summed E-state index contributed by atoms with van der Waals surface area (Å²) in [5.74, 6) is -0.805. The Kier molecular flexibility index (Phi) is 4.06. The average Bonchev–Trinajstić information content (AvgIpc) is 3.24. The summed E-state index contributed by atoms with van der Waals surface area (Å²) < 4.78 is 21.9. The van der Waals surface area contributed by atoms with Crippen molar-refractivity contribution in [2.24, 2.45) is 16.6 Å². The first kappa shape index (κ1) is 18.0. The van der Waals surface area contributed by atoms with E-state index in [4.69, 9.17) is 24.7 Å². The topological polar surface area (TPSA) is 124 Å². The number of nitrogens with two attached hydrogens (primary N) is 1. The number of benzene rings is 1. The minimum atomic E-state index is -1.52. The Hall–Kier alpha value is -2.81. The van der Waals surface area contributed by atoms with Crippen molar-refractivity contribution in [1.29, 1.82) is 10.5 Å². The number of methoxy groups -OCH3 is 3. The molecule has 0 aromatic heterocycles. The predicted octanol–water partition coefficient (Wildman–Crippen LogP) is -0.391. The molecule has 1 heterocycles. The van der Waals surface area contributed by atoms with Crippen LogP contribution in [0.2, 0.25) is 0 Å². The molecule has 1 fully saturated rings. The first-order chi connectivity index (χ1) is 12.5. The molecule has 2 aliphatic rings. The maximum atomic E-state index is 10.1. The van der Waals surface area contributed by atoms with Gasteiger partial charge in [-0.05, 0) is 24.6 Å². The Morgan fingerprint density at radius 2 is 1.85 bits per heavy atom. The van der Waals surface area contributed by atoms with E-state index in [1.54, 1.807) is 18.2 Å². The van der Waals surface area contributed by atoms with Gasteiger partial charge in [0.1, 0.15) is 0 Å². The van der Waals surface area contributed by atoms with Crippen LogP contribution in [0, 0.1) is 33.5 Å². The molecule has 8 nitrogen and oxygen atoms in total. The van der Waals surface area contributed by atoms with E-state index in [1.807, 2.05) is 6.92 Å². The van der Waals surface area contributed by atoms with Crippen molar-refractivity contribution in [3.8, 4) is 23.6 Å². The van der Waals surface area contributed by atoms with Crippen LogP contribution in [0.1, 0.15) is 18.4 Å². The van der Waals surface area contributed by atoms with E-state index in [-0.39, 0.29) is 5.84 Å². The summed E-state index contributed by atoms with van der Waals surface area (Å²) in [5.41, 5.74) is 4.26. The number of nitriles is 2. The predicted molar refractivity (Wildman–Crippen MR) is 89.9 cm³/mol. The van der Waals surface area contributed by atoms with Gasteiger partial charge in [0.15, 0.2) is 22.3 Å². The number of rotatable bonds is 6. The summed E-state index contributed by atoms with van der Waals surface area (Å²) in [7, 11) is 4.35. The SMILES string of the molecule is CCOc1ccc([C@@H]2[C@]3(C#N)C(N)=[NH+]C(OC)(OC)[C@]23C#N)cc1OC. The van der Waals surface area contributed by atoms with Crippen molar-refractivity contribution in [1.82, 2.24) is 0 Å². The Labute approximate surface area is 151 Å². The summed E-state index contributed by atoms with van der Waals surface area (Å²) in [6.45, 7) is 2.37. The van der Waals surface area contributed by atoms with Gasteiger partial charge >= 0.3 is 5.91 Å². The average molecular weight is 357 g/mol. The van der Waals surface area contributed by atoms with Crippen molar-refractivity contribution >= 4 is 5.84 Å². The van der Waals surface area contributed by atoms with E-state index in [2.05, 4.69) is 17.1 Å². The summed E-state index contributed by atoms with van der Waals surface area (Å²) in [5, 5.41) is 20.0. The fourth-order valence-corrected chi connectivity index (χ4v) is 4.25. The lowest BCUT2D eigenvalue weighted by molar-refractivity contribution is -0.687. The van der Waals surface area contributed by atoms with Gasteiger partial charge in [-0.3, -0.25) is 5.73 Å². The van der Waals surface area contributed by atoms with Crippen molar-refractivity contribution < 1.29 is 23.9 Å². The molecule has 1 saturated carbocycles. The molecule has 0 radical (unpaired) electrons. The molecule has 136 valence electrons. The van der Waals surface area contributed by atoms with Gasteiger partial charge in [0, 0.05) is 20.1 Å². The molecule has 8 heteroatoms. The van der Waals surface area contributed by atoms with E-state index >= 15 is 0 Å². The maximum Gasteiger partial charge on any atom is 0.342 e. The molecular weight excluding hydrogens is 336 g/mol. The molecular formula is C18H21N4O4+. The molecule has 0 unspecified atom stereocenters. The number of ether oxygens (including phenoxy) is 4. The number of hydrogen-bond donors (Lipinski definition) is 2. The van der Waals surface area contributed by atoms with Crippen LogP contribution in [0.5, 0.6) is 11.5 Å². The highest BCUT2D eigenvalue weighted by Crippen LogP contribution is 2.78. The van der Waals surface area contributed by atoms with Gasteiger partial charge in [0.05, 0.1) is 25.9 Å². The molecule has 0 saturated heterocycles. The van der Waals surface area contributed by atoms with Crippen LogP contribution >= 0.6 is 0 Å². The lowest BCUT2D eigenvalue weighted by atomic mass is 9.93. The number of nitrogens with zero attached hydrogens (tertiary/aromatic N) is 2. The van der Waals surface area contributed by atoms with Gasteiger partial charge in [0.25, 0.3) is 5.84 Å². The molecule has 3 rings (SSSR count). The Morgan fingerprint density at radius 1 is 1.15 bits per heavy atom.